The quantitative estimate of drug-likeness (QED) is 0.728. The maximum atomic E-state index is 12.3. The van der Waals surface area contributed by atoms with E-state index in [0.29, 0.717) is 28.5 Å². The third kappa shape index (κ3) is 3.80. The largest absolute Gasteiger partial charge is 0.376 e. The standard InChI is InChI=1S/C18H20N6O2/c1-11-17(12(2)26-23-11)18(25)21-14-7-5-13(6-8-14)20-16-9-15(24(3)4)10-19-22-16/h5-10H,1-4H3,(H,20,22)(H,21,25). The molecule has 0 fully saturated rings. The third-order valence-corrected chi connectivity index (χ3v) is 3.83. The number of aromatic nitrogens is 3. The molecular weight excluding hydrogens is 332 g/mol. The number of nitrogens with one attached hydrogen (secondary N) is 2. The summed E-state index contributed by atoms with van der Waals surface area (Å²) in [5.74, 6) is 0.896. The molecule has 0 bridgehead atoms. The summed E-state index contributed by atoms with van der Waals surface area (Å²) in [5, 5.41) is 17.9. The van der Waals surface area contributed by atoms with Crippen LogP contribution in [0.4, 0.5) is 22.9 Å². The predicted molar refractivity (Wildman–Crippen MR) is 100 cm³/mol. The van der Waals surface area contributed by atoms with Gasteiger partial charge in [0.2, 0.25) is 0 Å². The molecule has 2 aromatic heterocycles. The minimum atomic E-state index is -0.244. The zero-order valence-electron chi connectivity index (χ0n) is 15.1. The summed E-state index contributed by atoms with van der Waals surface area (Å²) in [7, 11) is 3.88. The molecule has 3 aromatic rings. The highest BCUT2D eigenvalue weighted by atomic mass is 16.5. The van der Waals surface area contributed by atoms with Gasteiger partial charge in [-0.15, -0.1) is 5.10 Å². The average molecular weight is 352 g/mol. The average Bonchev–Trinajstić information content (AvgIpc) is 2.95. The molecule has 3 rings (SSSR count). The van der Waals surface area contributed by atoms with Crippen molar-refractivity contribution in [3.8, 4) is 0 Å². The zero-order valence-corrected chi connectivity index (χ0v) is 15.1. The fourth-order valence-electron chi connectivity index (χ4n) is 2.45. The minimum Gasteiger partial charge on any atom is -0.376 e. The summed E-state index contributed by atoms with van der Waals surface area (Å²) in [6.07, 6.45) is 1.69. The van der Waals surface area contributed by atoms with E-state index in [1.54, 1.807) is 20.0 Å². The lowest BCUT2D eigenvalue weighted by atomic mass is 10.2. The molecule has 2 N–H and O–H groups in total. The van der Waals surface area contributed by atoms with E-state index in [9.17, 15) is 4.79 Å². The minimum absolute atomic E-state index is 0.244. The van der Waals surface area contributed by atoms with Crippen molar-refractivity contribution in [1.29, 1.82) is 0 Å². The summed E-state index contributed by atoms with van der Waals surface area (Å²) in [5.41, 5.74) is 3.49. The molecule has 0 saturated heterocycles. The molecule has 0 spiro atoms. The van der Waals surface area contributed by atoms with Crippen LogP contribution in [0.1, 0.15) is 21.8 Å². The summed E-state index contributed by atoms with van der Waals surface area (Å²) in [4.78, 5) is 14.3. The lowest BCUT2D eigenvalue weighted by Gasteiger charge is -2.13. The van der Waals surface area contributed by atoms with Crippen molar-refractivity contribution in [2.75, 3.05) is 29.6 Å². The molecule has 134 valence electrons. The number of aryl methyl sites for hydroxylation is 2. The normalized spacial score (nSPS) is 10.5. The number of amides is 1. The topological polar surface area (TPSA) is 96.2 Å². The lowest BCUT2D eigenvalue weighted by molar-refractivity contribution is 0.102. The SMILES string of the molecule is Cc1noc(C)c1C(=O)Nc1ccc(Nc2cc(N(C)C)cnn2)cc1. The van der Waals surface area contributed by atoms with Gasteiger partial charge in [-0.3, -0.25) is 4.79 Å². The van der Waals surface area contributed by atoms with Crippen molar-refractivity contribution in [3.05, 3.63) is 53.5 Å². The Morgan fingerprint density at radius 3 is 2.42 bits per heavy atom. The summed E-state index contributed by atoms with van der Waals surface area (Å²) >= 11 is 0. The van der Waals surface area contributed by atoms with E-state index in [-0.39, 0.29) is 5.91 Å². The van der Waals surface area contributed by atoms with Crippen molar-refractivity contribution < 1.29 is 9.32 Å². The molecule has 0 atom stereocenters. The van der Waals surface area contributed by atoms with E-state index in [2.05, 4.69) is 26.0 Å². The molecular formula is C18H20N6O2. The van der Waals surface area contributed by atoms with Crippen LogP contribution in [-0.2, 0) is 0 Å². The van der Waals surface area contributed by atoms with Gasteiger partial charge in [-0.1, -0.05) is 5.16 Å². The number of nitrogens with zero attached hydrogens (tertiary/aromatic N) is 4. The van der Waals surface area contributed by atoms with Crippen molar-refractivity contribution >= 4 is 28.8 Å². The van der Waals surface area contributed by atoms with Gasteiger partial charge >= 0.3 is 0 Å². The van der Waals surface area contributed by atoms with Crippen molar-refractivity contribution in [3.63, 3.8) is 0 Å². The van der Waals surface area contributed by atoms with Crippen molar-refractivity contribution in [2.45, 2.75) is 13.8 Å². The molecule has 1 aromatic carbocycles. The fraction of sp³-hybridized carbons (Fsp3) is 0.222. The number of rotatable bonds is 5. The Morgan fingerprint density at radius 2 is 1.81 bits per heavy atom. The number of carbonyl (C=O) groups excluding carboxylic acids is 1. The van der Waals surface area contributed by atoms with Crippen LogP contribution >= 0.6 is 0 Å². The first-order valence-corrected chi connectivity index (χ1v) is 8.05. The van der Waals surface area contributed by atoms with E-state index in [1.807, 2.05) is 49.3 Å². The molecule has 0 aliphatic carbocycles. The van der Waals surface area contributed by atoms with Crippen LogP contribution in [0.15, 0.2) is 41.1 Å². The van der Waals surface area contributed by atoms with E-state index < -0.39 is 0 Å². The van der Waals surface area contributed by atoms with Gasteiger partial charge in [-0.05, 0) is 38.1 Å². The number of carbonyl (C=O) groups is 1. The van der Waals surface area contributed by atoms with Gasteiger partial charge in [0.1, 0.15) is 11.3 Å². The van der Waals surface area contributed by atoms with E-state index in [0.717, 1.165) is 11.4 Å². The van der Waals surface area contributed by atoms with E-state index >= 15 is 0 Å². The van der Waals surface area contributed by atoms with E-state index in [1.165, 1.54) is 0 Å². The van der Waals surface area contributed by atoms with Gasteiger partial charge in [0, 0.05) is 31.5 Å². The smallest absolute Gasteiger partial charge is 0.261 e. The van der Waals surface area contributed by atoms with Gasteiger partial charge in [0.25, 0.3) is 5.91 Å². The monoisotopic (exact) mass is 352 g/mol. The molecule has 8 heteroatoms. The zero-order chi connectivity index (χ0) is 18.7. The molecule has 0 unspecified atom stereocenters. The molecule has 26 heavy (non-hydrogen) atoms. The second-order valence-electron chi connectivity index (χ2n) is 6.05. The van der Waals surface area contributed by atoms with Gasteiger partial charge in [0.15, 0.2) is 5.82 Å². The maximum absolute atomic E-state index is 12.3. The third-order valence-electron chi connectivity index (χ3n) is 3.83. The van der Waals surface area contributed by atoms with Crippen molar-refractivity contribution in [1.82, 2.24) is 15.4 Å². The summed E-state index contributed by atoms with van der Waals surface area (Å²) in [6.45, 7) is 3.45. The highest BCUT2D eigenvalue weighted by molar-refractivity contribution is 6.05. The molecule has 2 heterocycles. The molecule has 0 saturated carbocycles. The lowest BCUT2D eigenvalue weighted by Crippen LogP contribution is -2.13. The van der Waals surface area contributed by atoms with Crippen LogP contribution in [0.5, 0.6) is 0 Å². The molecule has 0 radical (unpaired) electrons. The number of benzene rings is 1. The summed E-state index contributed by atoms with van der Waals surface area (Å²) < 4.78 is 5.03. The van der Waals surface area contributed by atoms with Gasteiger partial charge in [-0.2, -0.15) is 5.10 Å². The highest BCUT2D eigenvalue weighted by Gasteiger charge is 2.17. The first-order valence-electron chi connectivity index (χ1n) is 8.05. The van der Waals surface area contributed by atoms with Crippen LogP contribution in [0.25, 0.3) is 0 Å². The molecule has 0 aliphatic heterocycles. The van der Waals surface area contributed by atoms with Crippen LogP contribution in [0.3, 0.4) is 0 Å². The number of anilines is 4. The Balaban J connectivity index is 1.69. The maximum Gasteiger partial charge on any atom is 0.261 e. The second kappa shape index (κ2) is 7.22. The number of hydrogen-bond donors (Lipinski definition) is 2. The van der Waals surface area contributed by atoms with Crippen molar-refractivity contribution in [2.24, 2.45) is 0 Å². The van der Waals surface area contributed by atoms with Crippen LogP contribution in [0, 0.1) is 13.8 Å². The van der Waals surface area contributed by atoms with E-state index in [4.69, 9.17) is 4.52 Å². The predicted octanol–water partition coefficient (Wildman–Crippen LogP) is 3.14. The fourth-order valence-corrected chi connectivity index (χ4v) is 2.45. The summed E-state index contributed by atoms with van der Waals surface area (Å²) in [6, 6.07) is 9.23. The highest BCUT2D eigenvalue weighted by Crippen LogP contribution is 2.21. The Labute approximate surface area is 151 Å². The molecule has 1 amide bonds. The first-order chi connectivity index (χ1) is 12.4. The van der Waals surface area contributed by atoms with Crippen LogP contribution in [-0.4, -0.2) is 35.4 Å². The second-order valence-corrected chi connectivity index (χ2v) is 6.05. The Bertz CT molecular complexity index is 898. The Kier molecular flexibility index (Phi) is 4.83. The van der Waals surface area contributed by atoms with Gasteiger partial charge in [-0.25, -0.2) is 0 Å². The van der Waals surface area contributed by atoms with Crippen LogP contribution in [0.2, 0.25) is 0 Å². The molecule has 8 nitrogen and oxygen atoms in total. The van der Waals surface area contributed by atoms with Crippen LogP contribution < -0.4 is 15.5 Å². The van der Waals surface area contributed by atoms with Gasteiger partial charge < -0.3 is 20.1 Å². The first kappa shape index (κ1) is 17.4. The van der Waals surface area contributed by atoms with Gasteiger partial charge in [0.05, 0.1) is 17.6 Å². The Hall–Kier alpha value is -3.42. The Morgan fingerprint density at radius 1 is 1.12 bits per heavy atom. The molecule has 0 aliphatic rings. The number of hydrogen-bond acceptors (Lipinski definition) is 7.